The summed E-state index contributed by atoms with van der Waals surface area (Å²) in [4.78, 5) is 0. The highest BCUT2D eigenvalue weighted by atomic mass is 79.9. The molecule has 0 spiro atoms. The van der Waals surface area contributed by atoms with E-state index in [1.165, 1.54) is 17.3 Å². The Labute approximate surface area is 159 Å². The van der Waals surface area contributed by atoms with Gasteiger partial charge < -0.3 is 14.2 Å². The molecule has 0 bridgehead atoms. The third-order valence-electron chi connectivity index (χ3n) is 3.38. The van der Waals surface area contributed by atoms with Gasteiger partial charge in [-0.25, -0.2) is 4.68 Å². The van der Waals surface area contributed by atoms with Crippen LogP contribution in [0.25, 0.3) is 0 Å². The number of para-hydroxylation sites is 2. The number of nitrogens with zero attached hydrogens (tertiary/aromatic N) is 4. The van der Waals surface area contributed by atoms with Crippen molar-refractivity contribution in [3.05, 3.63) is 65.2 Å². The standard InChI is InChI=1S/C18H17BrN4O3/c1-24-17-4-2-3-5-18(17)26-9-8-25-16-7-6-15(19)10-14(16)11-22-23-12-20-21-13-23/h2-7,10-13H,8-9H2,1H3/b22-11+. The summed E-state index contributed by atoms with van der Waals surface area (Å²) in [5, 5.41) is 11.7. The molecule has 0 fully saturated rings. The Morgan fingerprint density at radius 1 is 1.00 bits per heavy atom. The van der Waals surface area contributed by atoms with Gasteiger partial charge in [-0.05, 0) is 30.3 Å². The molecule has 0 unspecified atom stereocenters. The molecule has 0 N–H and O–H groups in total. The maximum Gasteiger partial charge on any atom is 0.161 e. The van der Waals surface area contributed by atoms with Crippen molar-refractivity contribution in [3.8, 4) is 17.2 Å². The van der Waals surface area contributed by atoms with Crippen molar-refractivity contribution in [3.63, 3.8) is 0 Å². The van der Waals surface area contributed by atoms with Crippen LogP contribution < -0.4 is 14.2 Å². The van der Waals surface area contributed by atoms with E-state index in [4.69, 9.17) is 14.2 Å². The van der Waals surface area contributed by atoms with Crippen LogP contribution >= 0.6 is 15.9 Å². The van der Waals surface area contributed by atoms with Gasteiger partial charge in [0.1, 0.15) is 31.6 Å². The lowest BCUT2D eigenvalue weighted by Crippen LogP contribution is -2.10. The van der Waals surface area contributed by atoms with Crippen LogP contribution in [0.15, 0.2) is 64.7 Å². The zero-order valence-corrected chi connectivity index (χ0v) is 15.7. The average Bonchev–Trinajstić information content (AvgIpc) is 3.18. The Bertz CT molecular complexity index is 869. The van der Waals surface area contributed by atoms with Crippen LogP contribution in [0, 0.1) is 0 Å². The molecule has 0 saturated carbocycles. The van der Waals surface area contributed by atoms with Crippen LogP contribution in [0.5, 0.6) is 17.2 Å². The van der Waals surface area contributed by atoms with Gasteiger partial charge in [0.2, 0.25) is 0 Å². The summed E-state index contributed by atoms with van der Waals surface area (Å²) in [6.07, 6.45) is 4.71. The highest BCUT2D eigenvalue weighted by Crippen LogP contribution is 2.26. The second-order valence-corrected chi connectivity index (χ2v) is 6.03. The van der Waals surface area contributed by atoms with E-state index in [2.05, 4.69) is 31.2 Å². The summed E-state index contributed by atoms with van der Waals surface area (Å²) in [6.45, 7) is 0.769. The maximum atomic E-state index is 5.84. The number of ether oxygens (including phenoxy) is 3. The topological polar surface area (TPSA) is 70.8 Å². The molecular weight excluding hydrogens is 400 g/mol. The lowest BCUT2D eigenvalue weighted by molar-refractivity contribution is 0.211. The van der Waals surface area contributed by atoms with Crippen molar-refractivity contribution in [2.24, 2.45) is 5.10 Å². The normalized spacial score (nSPS) is 10.8. The monoisotopic (exact) mass is 416 g/mol. The zero-order valence-electron chi connectivity index (χ0n) is 14.1. The van der Waals surface area contributed by atoms with E-state index in [9.17, 15) is 0 Å². The lowest BCUT2D eigenvalue weighted by Gasteiger charge is -2.12. The maximum absolute atomic E-state index is 5.84. The molecule has 26 heavy (non-hydrogen) atoms. The molecule has 2 aromatic carbocycles. The fraction of sp³-hybridized carbons (Fsp3) is 0.167. The summed E-state index contributed by atoms with van der Waals surface area (Å²) in [7, 11) is 1.61. The predicted octanol–water partition coefficient (Wildman–Crippen LogP) is 3.39. The first-order valence-electron chi connectivity index (χ1n) is 7.83. The Kier molecular flexibility index (Phi) is 6.21. The largest absolute Gasteiger partial charge is 0.493 e. The van der Waals surface area contributed by atoms with Gasteiger partial charge in [-0.1, -0.05) is 28.1 Å². The SMILES string of the molecule is COc1ccccc1OCCOc1ccc(Br)cc1/C=N/n1cnnc1. The Balaban J connectivity index is 1.61. The molecule has 7 nitrogen and oxygen atoms in total. The number of aromatic nitrogens is 3. The van der Waals surface area contributed by atoms with Crippen molar-refractivity contribution >= 4 is 22.1 Å². The minimum absolute atomic E-state index is 0.382. The molecule has 0 aliphatic rings. The quantitative estimate of drug-likeness (QED) is 0.415. The van der Waals surface area contributed by atoms with Crippen molar-refractivity contribution in [2.45, 2.75) is 0 Å². The van der Waals surface area contributed by atoms with Crippen LogP contribution in [0.4, 0.5) is 0 Å². The van der Waals surface area contributed by atoms with Crippen LogP contribution in [0.3, 0.4) is 0 Å². The van der Waals surface area contributed by atoms with Crippen molar-refractivity contribution in [2.75, 3.05) is 20.3 Å². The highest BCUT2D eigenvalue weighted by Gasteiger charge is 2.05. The Morgan fingerprint density at radius 2 is 1.69 bits per heavy atom. The molecule has 0 saturated heterocycles. The molecule has 3 rings (SSSR count). The van der Waals surface area contributed by atoms with E-state index < -0.39 is 0 Å². The van der Waals surface area contributed by atoms with Crippen LogP contribution in [0.2, 0.25) is 0 Å². The average molecular weight is 417 g/mol. The number of halogens is 1. The summed E-state index contributed by atoms with van der Waals surface area (Å²) in [5.74, 6) is 2.08. The zero-order chi connectivity index (χ0) is 18.2. The number of hydrogen-bond donors (Lipinski definition) is 0. The second kappa shape index (κ2) is 9.00. The van der Waals surface area contributed by atoms with Gasteiger partial charge >= 0.3 is 0 Å². The molecule has 0 amide bonds. The molecule has 0 aliphatic carbocycles. The minimum atomic E-state index is 0.382. The van der Waals surface area contributed by atoms with Crippen molar-refractivity contribution < 1.29 is 14.2 Å². The smallest absolute Gasteiger partial charge is 0.161 e. The summed E-state index contributed by atoms with van der Waals surface area (Å²) in [5.41, 5.74) is 0.824. The summed E-state index contributed by atoms with van der Waals surface area (Å²) in [6, 6.07) is 13.2. The van der Waals surface area contributed by atoms with Gasteiger partial charge in [-0.3, -0.25) is 0 Å². The summed E-state index contributed by atoms with van der Waals surface area (Å²) >= 11 is 3.46. The third-order valence-corrected chi connectivity index (χ3v) is 3.87. The van der Waals surface area contributed by atoms with Crippen molar-refractivity contribution in [1.29, 1.82) is 0 Å². The van der Waals surface area contributed by atoms with Gasteiger partial charge in [0, 0.05) is 10.0 Å². The molecule has 0 radical (unpaired) electrons. The molecular formula is C18H17BrN4O3. The Hall–Kier alpha value is -2.87. The van der Waals surface area contributed by atoms with Gasteiger partial charge in [0.15, 0.2) is 11.5 Å². The van der Waals surface area contributed by atoms with E-state index in [0.717, 1.165) is 10.0 Å². The fourth-order valence-electron chi connectivity index (χ4n) is 2.18. The summed E-state index contributed by atoms with van der Waals surface area (Å²) < 4.78 is 19.3. The van der Waals surface area contributed by atoms with Crippen molar-refractivity contribution in [1.82, 2.24) is 14.9 Å². The van der Waals surface area contributed by atoms with Gasteiger partial charge in [-0.2, -0.15) is 5.10 Å². The molecule has 1 aromatic heterocycles. The second-order valence-electron chi connectivity index (χ2n) is 5.12. The highest BCUT2D eigenvalue weighted by molar-refractivity contribution is 9.10. The molecule has 134 valence electrons. The number of hydrogen-bond acceptors (Lipinski definition) is 6. The fourth-order valence-corrected chi connectivity index (χ4v) is 2.56. The molecule has 8 heteroatoms. The molecule has 1 heterocycles. The molecule has 3 aromatic rings. The molecule has 0 atom stereocenters. The van der Waals surface area contributed by atoms with Gasteiger partial charge in [0.25, 0.3) is 0 Å². The van der Waals surface area contributed by atoms with Crippen LogP contribution in [-0.4, -0.2) is 41.4 Å². The lowest BCUT2D eigenvalue weighted by atomic mass is 10.2. The van der Waals surface area contributed by atoms with E-state index >= 15 is 0 Å². The predicted molar refractivity (Wildman–Crippen MR) is 101 cm³/mol. The third kappa shape index (κ3) is 4.82. The number of benzene rings is 2. The van der Waals surface area contributed by atoms with Crippen LogP contribution in [0.1, 0.15) is 5.56 Å². The first-order chi connectivity index (χ1) is 12.8. The van der Waals surface area contributed by atoms with Gasteiger partial charge in [-0.15, -0.1) is 10.2 Å². The van der Waals surface area contributed by atoms with Crippen LogP contribution in [-0.2, 0) is 0 Å². The Morgan fingerprint density at radius 3 is 2.42 bits per heavy atom. The van der Waals surface area contributed by atoms with E-state index in [0.29, 0.717) is 30.5 Å². The molecule has 0 aliphatic heterocycles. The number of methoxy groups -OCH3 is 1. The van der Waals surface area contributed by atoms with E-state index in [1.807, 2.05) is 42.5 Å². The van der Waals surface area contributed by atoms with E-state index in [1.54, 1.807) is 13.3 Å². The van der Waals surface area contributed by atoms with E-state index in [-0.39, 0.29) is 0 Å². The number of rotatable bonds is 8. The van der Waals surface area contributed by atoms with Gasteiger partial charge in [0.05, 0.1) is 13.3 Å². The first-order valence-corrected chi connectivity index (χ1v) is 8.63. The minimum Gasteiger partial charge on any atom is -0.493 e. The first kappa shape index (κ1) is 17.9.